The third kappa shape index (κ3) is 6.74. The zero-order valence-corrected chi connectivity index (χ0v) is 9.75. The maximum Gasteiger partial charge on any atom is 0.331 e. The molecule has 0 saturated heterocycles. The van der Waals surface area contributed by atoms with E-state index in [1.807, 2.05) is 0 Å². The van der Waals surface area contributed by atoms with Crippen molar-refractivity contribution >= 4 is 14.3 Å². The summed E-state index contributed by atoms with van der Waals surface area (Å²) in [6.07, 6.45) is 0. The maximum absolute atomic E-state index is 10.6. The molecule has 0 bridgehead atoms. The lowest BCUT2D eigenvalue weighted by atomic mass is 10.7. The van der Waals surface area contributed by atoms with E-state index in [-0.39, 0.29) is 12.6 Å². The molecule has 0 amide bonds. The van der Waals surface area contributed by atoms with Gasteiger partial charge in [-0.15, -0.1) is 0 Å². The third-order valence-electron chi connectivity index (χ3n) is 1.85. The first-order chi connectivity index (χ1) is 6.02. The van der Waals surface area contributed by atoms with Crippen LogP contribution in [0.5, 0.6) is 0 Å². The van der Waals surface area contributed by atoms with Crippen LogP contribution in [-0.2, 0) is 18.7 Å². The van der Waals surface area contributed by atoms with Gasteiger partial charge in [-0.25, -0.2) is 4.79 Å². The Hall–Kier alpha value is -0.393. The minimum absolute atomic E-state index is 0.0324. The van der Waals surface area contributed by atoms with Crippen molar-refractivity contribution in [1.29, 1.82) is 0 Å². The van der Waals surface area contributed by atoms with E-state index in [2.05, 4.69) is 17.8 Å². The fraction of sp³-hybridized carbons (Fsp3) is 0.875. The monoisotopic (exact) mass is 206 g/mol. The predicted molar refractivity (Wildman–Crippen MR) is 52.1 cm³/mol. The van der Waals surface area contributed by atoms with Gasteiger partial charge >= 0.3 is 5.97 Å². The number of hydrogen-bond donors (Lipinski definition) is 0. The molecule has 0 aliphatic heterocycles. The van der Waals surface area contributed by atoms with Crippen LogP contribution in [0.4, 0.5) is 0 Å². The first kappa shape index (κ1) is 12.6. The van der Waals surface area contributed by atoms with Gasteiger partial charge in [0.1, 0.15) is 6.61 Å². The molecule has 0 unspecified atom stereocenters. The molecule has 0 aromatic heterocycles. The van der Waals surface area contributed by atoms with E-state index >= 15 is 0 Å². The van der Waals surface area contributed by atoms with Crippen molar-refractivity contribution in [2.45, 2.75) is 19.1 Å². The Morgan fingerprint density at radius 2 is 1.92 bits per heavy atom. The van der Waals surface area contributed by atoms with Crippen LogP contribution in [0.2, 0.25) is 19.1 Å². The molecule has 0 N–H and O–H groups in total. The number of hydrogen-bond acceptors (Lipinski definition) is 4. The van der Waals surface area contributed by atoms with Crippen LogP contribution in [-0.4, -0.2) is 41.7 Å². The summed E-state index contributed by atoms with van der Waals surface area (Å²) in [6.45, 7) is 4.80. The second kappa shape index (κ2) is 6.12. The topological polar surface area (TPSA) is 44.8 Å². The summed E-state index contributed by atoms with van der Waals surface area (Å²) in [5.74, 6) is -0.336. The Morgan fingerprint density at radius 1 is 1.31 bits per heavy atom. The molecular weight excluding hydrogens is 188 g/mol. The first-order valence-corrected chi connectivity index (χ1v) is 7.33. The summed E-state index contributed by atoms with van der Waals surface area (Å²) in [4.78, 5) is 10.6. The van der Waals surface area contributed by atoms with E-state index in [1.54, 1.807) is 7.11 Å². The van der Waals surface area contributed by atoms with E-state index in [0.29, 0.717) is 6.61 Å². The molecule has 0 spiro atoms. The normalized spacial score (nSPS) is 11.4. The lowest BCUT2D eigenvalue weighted by molar-refractivity contribution is -0.145. The van der Waals surface area contributed by atoms with Gasteiger partial charge < -0.3 is 13.9 Å². The molecule has 4 nitrogen and oxygen atoms in total. The molecule has 0 atom stereocenters. The van der Waals surface area contributed by atoms with Crippen molar-refractivity contribution in [3.05, 3.63) is 0 Å². The van der Waals surface area contributed by atoms with Gasteiger partial charge in [-0.2, -0.15) is 0 Å². The highest BCUT2D eigenvalue weighted by Gasteiger charge is 2.19. The van der Waals surface area contributed by atoms with Gasteiger partial charge in [0, 0.05) is 13.7 Å². The summed E-state index contributed by atoms with van der Waals surface area (Å²) in [5.41, 5.74) is 0. The van der Waals surface area contributed by atoms with Crippen LogP contribution in [0.1, 0.15) is 0 Å². The SMILES string of the molecule is COC(=O)COCC[Si](C)(C)OC. The fourth-order valence-corrected chi connectivity index (χ4v) is 1.47. The van der Waals surface area contributed by atoms with Crippen molar-refractivity contribution in [3.8, 4) is 0 Å². The van der Waals surface area contributed by atoms with Crippen molar-refractivity contribution in [2.24, 2.45) is 0 Å². The van der Waals surface area contributed by atoms with E-state index in [0.717, 1.165) is 6.04 Å². The van der Waals surface area contributed by atoms with Gasteiger partial charge in [-0.05, 0) is 19.1 Å². The second-order valence-corrected chi connectivity index (χ2v) is 7.77. The van der Waals surface area contributed by atoms with Gasteiger partial charge in [0.2, 0.25) is 0 Å². The Bertz CT molecular complexity index is 158. The van der Waals surface area contributed by atoms with E-state index in [9.17, 15) is 4.79 Å². The van der Waals surface area contributed by atoms with Crippen LogP contribution in [0.15, 0.2) is 0 Å². The Balaban J connectivity index is 3.41. The summed E-state index contributed by atoms with van der Waals surface area (Å²) >= 11 is 0. The Kier molecular flexibility index (Phi) is 5.94. The minimum Gasteiger partial charge on any atom is -0.467 e. The summed E-state index contributed by atoms with van der Waals surface area (Å²) in [6, 6.07) is 0.889. The van der Waals surface area contributed by atoms with Crippen LogP contribution < -0.4 is 0 Å². The Morgan fingerprint density at radius 3 is 2.38 bits per heavy atom. The molecule has 0 heterocycles. The van der Waals surface area contributed by atoms with Crippen molar-refractivity contribution < 1.29 is 18.7 Å². The van der Waals surface area contributed by atoms with Gasteiger partial charge in [0.25, 0.3) is 0 Å². The van der Waals surface area contributed by atoms with Gasteiger partial charge in [0.15, 0.2) is 8.32 Å². The van der Waals surface area contributed by atoms with Crippen LogP contribution in [0, 0.1) is 0 Å². The molecule has 0 fully saturated rings. The van der Waals surface area contributed by atoms with Crippen molar-refractivity contribution in [2.75, 3.05) is 27.4 Å². The highest BCUT2D eigenvalue weighted by atomic mass is 28.4. The molecule has 0 rings (SSSR count). The molecule has 78 valence electrons. The average Bonchev–Trinajstić information content (AvgIpc) is 2.12. The standard InChI is InChI=1S/C8H18O4Si/c1-10-8(9)7-12-5-6-13(3,4)11-2/h5-7H2,1-4H3. The van der Waals surface area contributed by atoms with E-state index in [4.69, 9.17) is 9.16 Å². The fourth-order valence-electron chi connectivity index (χ4n) is 0.634. The first-order valence-electron chi connectivity index (χ1n) is 4.21. The summed E-state index contributed by atoms with van der Waals surface area (Å²) in [7, 11) is 1.52. The Labute approximate surface area is 80.3 Å². The van der Waals surface area contributed by atoms with Crippen LogP contribution in [0.25, 0.3) is 0 Å². The molecule has 0 saturated carbocycles. The van der Waals surface area contributed by atoms with Gasteiger partial charge in [-0.1, -0.05) is 0 Å². The number of methoxy groups -OCH3 is 1. The number of carbonyl (C=O) groups excluding carboxylic acids is 1. The largest absolute Gasteiger partial charge is 0.467 e. The predicted octanol–water partition coefficient (Wildman–Crippen LogP) is 1.03. The number of ether oxygens (including phenoxy) is 2. The summed E-state index contributed by atoms with van der Waals surface area (Å²) in [5, 5.41) is 0. The number of esters is 1. The molecule has 0 aromatic rings. The number of carbonyl (C=O) groups is 1. The van der Waals surface area contributed by atoms with Crippen molar-refractivity contribution in [1.82, 2.24) is 0 Å². The zero-order chi connectivity index (χ0) is 10.3. The number of rotatable bonds is 6. The highest BCUT2D eigenvalue weighted by molar-refractivity contribution is 6.71. The summed E-state index contributed by atoms with van der Waals surface area (Å²) < 4.78 is 14.8. The second-order valence-electron chi connectivity index (χ2n) is 3.34. The molecule has 0 aliphatic rings. The molecule has 13 heavy (non-hydrogen) atoms. The average molecular weight is 206 g/mol. The molecule has 0 aromatic carbocycles. The minimum atomic E-state index is -1.54. The lowest BCUT2D eigenvalue weighted by Crippen LogP contribution is -2.30. The van der Waals surface area contributed by atoms with E-state index in [1.165, 1.54) is 7.11 Å². The molecular formula is C8H18O4Si. The van der Waals surface area contributed by atoms with Crippen molar-refractivity contribution in [3.63, 3.8) is 0 Å². The smallest absolute Gasteiger partial charge is 0.331 e. The highest BCUT2D eigenvalue weighted by Crippen LogP contribution is 2.08. The third-order valence-corrected chi connectivity index (χ3v) is 4.36. The zero-order valence-electron chi connectivity index (χ0n) is 8.75. The quantitative estimate of drug-likeness (QED) is 0.370. The maximum atomic E-state index is 10.6. The van der Waals surface area contributed by atoms with E-state index < -0.39 is 8.32 Å². The lowest BCUT2D eigenvalue weighted by Gasteiger charge is -2.19. The van der Waals surface area contributed by atoms with Crippen LogP contribution >= 0.6 is 0 Å². The van der Waals surface area contributed by atoms with Crippen LogP contribution in [0.3, 0.4) is 0 Å². The van der Waals surface area contributed by atoms with Gasteiger partial charge in [0.05, 0.1) is 7.11 Å². The molecule has 5 heteroatoms. The molecule has 0 radical (unpaired) electrons. The molecule has 0 aliphatic carbocycles. The van der Waals surface area contributed by atoms with Gasteiger partial charge in [-0.3, -0.25) is 0 Å².